The Morgan fingerprint density at radius 2 is 2.08 bits per heavy atom. The first-order valence-electron chi connectivity index (χ1n) is 7.88. The van der Waals surface area contributed by atoms with Gasteiger partial charge in [-0.2, -0.15) is 4.68 Å². The van der Waals surface area contributed by atoms with E-state index < -0.39 is 0 Å². The SMILES string of the molecule is O=C(NCc1ccncc1)c1c(-n2cnnn2)sc2c1CCCC2. The smallest absolute Gasteiger partial charge is 0.254 e. The summed E-state index contributed by atoms with van der Waals surface area (Å²) in [4.78, 5) is 18.1. The fourth-order valence-electron chi connectivity index (χ4n) is 2.97. The number of hydrogen-bond acceptors (Lipinski definition) is 6. The lowest BCUT2D eigenvalue weighted by molar-refractivity contribution is 0.0950. The van der Waals surface area contributed by atoms with Gasteiger partial charge in [0.15, 0.2) is 0 Å². The molecule has 0 fully saturated rings. The van der Waals surface area contributed by atoms with Gasteiger partial charge in [0.2, 0.25) is 0 Å². The third-order valence-corrected chi connectivity index (χ3v) is 5.42. The Morgan fingerprint density at radius 3 is 2.88 bits per heavy atom. The maximum atomic E-state index is 12.9. The topological polar surface area (TPSA) is 85.6 Å². The molecule has 4 rings (SSSR count). The van der Waals surface area contributed by atoms with Crippen molar-refractivity contribution in [2.45, 2.75) is 32.2 Å². The van der Waals surface area contributed by atoms with E-state index in [1.807, 2.05) is 12.1 Å². The Labute approximate surface area is 142 Å². The summed E-state index contributed by atoms with van der Waals surface area (Å²) < 4.78 is 1.59. The lowest BCUT2D eigenvalue weighted by Gasteiger charge is -2.13. The number of hydrogen-bond donors (Lipinski definition) is 1. The fraction of sp³-hybridized carbons (Fsp3) is 0.312. The predicted octanol–water partition coefficient (Wildman–Crippen LogP) is 1.93. The third kappa shape index (κ3) is 2.80. The highest BCUT2D eigenvalue weighted by molar-refractivity contribution is 7.15. The van der Waals surface area contributed by atoms with Crippen LogP contribution in [0.5, 0.6) is 0 Å². The monoisotopic (exact) mass is 340 g/mol. The number of nitrogens with one attached hydrogen (secondary N) is 1. The van der Waals surface area contributed by atoms with Gasteiger partial charge >= 0.3 is 0 Å². The zero-order valence-electron chi connectivity index (χ0n) is 13.0. The van der Waals surface area contributed by atoms with Gasteiger partial charge in [-0.25, -0.2) is 0 Å². The van der Waals surface area contributed by atoms with E-state index in [0.29, 0.717) is 6.54 Å². The summed E-state index contributed by atoms with van der Waals surface area (Å²) in [6.07, 6.45) is 9.22. The van der Waals surface area contributed by atoms with Gasteiger partial charge in [0.1, 0.15) is 11.3 Å². The number of amides is 1. The standard InChI is InChI=1S/C16H16N6OS/c23-15(18-9-11-5-7-17-8-6-11)14-12-3-1-2-4-13(12)24-16(14)22-10-19-20-21-22/h5-8,10H,1-4,9H2,(H,18,23). The highest BCUT2D eigenvalue weighted by Gasteiger charge is 2.26. The molecule has 3 aromatic heterocycles. The molecule has 0 atom stereocenters. The molecule has 0 aromatic carbocycles. The molecule has 0 spiro atoms. The lowest BCUT2D eigenvalue weighted by atomic mass is 9.95. The molecular weight excluding hydrogens is 324 g/mol. The molecule has 1 aliphatic carbocycles. The van der Waals surface area contributed by atoms with Gasteiger partial charge in [-0.3, -0.25) is 9.78 Å². The first-order chi connectivity index (χ1) is 11.8. The Morgan fingerprint density at radius 1 is 1.25 bits per heavy atom. The number of nitrogens with zero attached hydrogens (tertiary/aromatic N) is 5. The summed E-state index contributed by atoms with van der Waals surface area (Å²) >= 11 is 1.62. The summed E-state index contributed by atoms with van der Waals surface area (Å²) in [6, 6.07) is 3.79. The minimum Gasteiger partial charge on any atom is -0.348 e. The minimum atomic E-state index is -0.0725. The van der Waals surface area contributed by atoms with Crippen LogP contribution in [0.1, 0.15) is 39.2 Å². The molecule has 0 saturated carbocycles. The number of thiophene rings is 1. The Kier molecular flexibility index (Phi) is 4.04. The summed E-state index contributed by atoms with van der Waals surface area (Å²) in [7, 11) is 0. The average Bonchev–Trinajstić information content (AvgIpc) is 3.27. The van der Waals surface area contributed by atoms with E-state index >= 15 is 0 Å². The van der Waals surface area contributed by atoms with Crippen molar-refractivity contribution >= 4 is 17.2 Å². The second-order valence-corrected chi connectivity index (χ2v) is 6.77. The molecular formula is C16H16N6OS. The molecule has 3 heterocycles. The van der Waals surface area contributed by atoms with Gasteiger partial charge in [-0.05, 0) is 59.4 Å². The average molecular weight is 340 g/mol. The van der Waals surface area contributed by atoms with Crippen molar-refractivity contribution < 1.29 is 4.79 Å². The van der Waals surface area contributed by atoms with E-state index in [9.17, 15) is 4.79 Å². The Hall–Kier alpha value is -2.61. The number of aryl methyl sites for hydroxylation is 1. The third-order valence-electron chi connectivity index (χ3n) is 4.14. The summed E-state index contributed by atoms with van der Waals surface area (Å²) in [6.45, 7) is 0.473. The predicted molar refractivity (Wildman–Crippen MR) is 89.1 cm³/mol. The van der Waals surface area contributed by atoms with E-state index in [1.54, 1.807) is 28.4 Å². The van der Waals surface area contributed by atoms with Crippen LogP contribution in [-0.2, 0) is 19.4 Å². The Bertz CT molecular complexity index is 843. The maximum Gasteiger partial charge on any atom is 0.254 e. The van der Waals surface area contributed by atoms with Crippen LogP contribution in [0, 0.1) is 0 Å². The summed E-state index contributed by atoms with van der Waals surface area (Å²) in [5, 5.41) is 15.2. The van der Waals surface area contributed by atoms with E-state index in [-0.39, 0.29) is 5.91 Å². The number of aromatic nitrogens is 5. The molecule has 1 amide bonds. The molecule has 0 radical (unpaired) electrons. The molecule has 0 unspecified atom stereocenters. The van der Waals surface area contributed by atoms with Gasteiger partial charge in [0.25, 0.3) is 5.91 Å². The second kappa shape index (κ2) is 6.48. The highest BCUT2D eigenvalue weighted by atomic mass is 32.1. The van der Waals surface area contributed by atoms with Crippen molar-refractivity contribution in [3.63, 3.8) is 0 Å². The normalized spacial score (nSPS) is 13.5. The zero-order chi connectivity index (χ0) is 16.4. The van der Waals surface area contributed by atoms with Crippen molar-refractivity contribution in [3.8, 4) is 5.00 Å². The molecule has 3 aromatic rings. The molecule has 0 bridgehead atoms. The van der Waals surface area contributed by atoms with E-state index in [1.165, 1.54) is 17.6 Å². The molecule has 8 heteroatoms. The number of rotatable bonds is 4. The first-order valence-corrected chi connectivity index (χ1v) is 8.69. The minimum absolute atomic E-state index is 0.0725. The van der Waals surface area contributed by atoms with E-state index in [0.717, 1.165) is 41.0 Å². The van der Waals surface area contributed by atoms with E-state index in [2.05, 4.69) is 25.8 Å². The van der Waals surface area contributed by atoms with Crippen LogP contribution in [0.3, 0.4) is 0 Å². The van der Waals surface area contributed by atoms with Crippen LogP contribution < -0.4 is 5.32 Å². The van der Waals surface area contributed by atoms with Crippen LogP contribution in [0.2, 0.25) is 0 Å². The summed E-state index contributed by atoms with van der Waals surface area (Å²) in [5.74, 6) is -0.0725. The lowest BCUT2D eigenvalue weighted by Crippen LogP contribution is -2.25. The van der Waals surface area contributed by atoms with Gasteiger partial charge < -0.3 is 5.32 Å². The van der Waals surface area contributed by atoms with Crippen molar-refractivity contribution in [1.82, 2.24) is 30.5 Å². The van der Waals surface area contributed by atoms with Gasteiger partial charge in [0.05, 0.1) is 5.56 Å². The molecule has 0 saturated heterocycles. The maximum absolute atomic E-state index is 12.9. The van der Waals surface area contributed by atoms with Crippen molar-refractivity contribution in [1.29, 1.82) is 0 Å². The van der Waals surface area contributed by atoms with Gasteiger partial charge in [-0.15, -0.1) is 16.4 Å². The summed E-state index contributed by atoms with van der Waals surface area (Å²) in [5.41, 5.74) is 2.89. The molecule has 1 aliphatic rings. The van der Waals surface area contributed by atoms with Crippen LogP contribution in [0.25, 0.3) is 5.00 Å². The number of carbonyl (C=O) groups excluding carboxylic acids is 1. The molecule has 122 valence electrons. The number of pyridine rings is 1. The van der Waals surface area contributed by atoms with Crippen molar-refractivity contribution in [2.24, 2.45) is 0 Å². The van der Waals surface area contributed by atoms with E-state index in [4.69, 9.17) is 0 Å². The highest BCUT2D eigenvalue weighted by Crippen LogP contribution is 2.36. The Balaban J connectivity index is 1.65. The quantitative estimate of drug-likeness (QED) is 0.784. The number of fused-ring (bicyclic) bond motifs is 1. The number of tetrazole rings is 1. The van der Waals surface area contributed by atoms with Crippen LogP contribution in [0.4, 0.5) is 0 Å². The van der Waals surface area contributed by atoms with Crippen molar-refractivity contribution in [3.05, 3.63) is 52.4 Å². The second-order valence-electron chi connectivity index (χ2n) is 5.68. The first kappa shape index (κ1) is 14.9. The molecule has 7 nitrogen and oxygen atoms in total. The molecule has 0 aliphatic heterocycles. The number of carbonyl (C=O) groups is 1. The largest absolute Gasteiger partial charge is 0.348 e. The van der Waals surface area contributed by atoms with Gasteiger partial charge in [-0.1, -0.05) is 0 Å². The van der Waals surface area contributed by atoms with Crippen molar-refractivity contribution in [2.75, 3.05) is 0 Å². The van der Waals surface area contributed by atoms with Crippen LogP contribution >= 0.6 is 11.3 Å². The van der Waals surface area contributed by atoms with Gasteiger partial charge in [0, 0.05) is 23.8 Å². The molecule has 1 N–H and O–H groups in total. The van der Waals surface area contributed by atoms with Crippen LogP contribution in [0.15, 0.2) is 30.9 Å². The zero-order valence-corrected chi connectivity index (χ0v) is 13.8. The van der Waals surface area contributed by atoms with Crippen LogP contribution in [-0.4, -0.2) is 31.1 Å². The fourth-order valence-corrected chi connectivity index (χ4v) is 4.27. The molecule has 24 heavy (non-hydrogen) atoms.